The van der Waals surface area contributed by atoms with E-state index in [0.29, 0.717) is 79.3 Å². The van der Waals surface area contributed by atoms with Gasteiger partial charge in [0.05, 0.1) is 79.3 Å². The number of benzene rings is 2. The Bertz CT molecular complexity index is 936. The van der Waals surface area contributed by atoms with Gasteiger partial charge in [0.1, 0.15) is 0 Å². The van der Waals surface area contributed by atoms with Gasteiger partial charge in [0.25, 0.3) is 8.32 Å². The zero-order valence-corrected chi connectivity index (χ0v) is 30.1. The van der Waals surface area contributed by atoms with Gasteiger partial charge in [-0.3, -0.25) is 0 Å². The molecule has 2 aromatic rings. The average molecular weight is 635 g/mol. The van der Waals surface area contributed by atoms with Gasteiger partial charge >= 0.3 is 0 Å². The highest BCUT2D eigenvalue weighted by Crippen LogP contribution is 2.37. The summed E-state index contributed by atoms with van der Waals surface area (Å²) >= 11 is 0. The van der Waals surface area contributed by atoms with E-state index in [-0.39, 0.29) is 10.1 Å². The van der Waals surface area contributed by atoms with Gasteiger partial charge in [-0.25, -0.2) is 0 Å². The topological polar surface area (TPSA) is 64.6 Å². The summed E-state index contributed by atoms with van der Waals surface area (Å²) in [5.41, 5.74) is 0. The normalized spacial score (nSPS) is 13.0. The minimum absolute atomic E-state index is 0.0440. The molecule has 2 rings (SSSR count). The van der Waals surface area contributed by atoms with Gasteiger partial charge in [0, 0.05) is 0 Å². The van der Waals surface area contributed by atoms with Crippen molar-refractivity contribution < 1.29 is 32.5 Å². The molecule has 7 nitrogen and oxygen atoms in total. The van der Waals surface area contributed by atoms with Gasteiger partial charge in [-0.15, -0.1) is 0 Å². The van der Waals surface area contributed by atoms with Crippen LogP contribution in [0.15, 0.2) is 60.7 Å². The second-order valence-corrected chi connectivity index (χ2v) is 22.3. The molecule has 0 unspecified atom stereocenters. The quantitative estimate of drug-likeness (QED) is 0.122. The fourth-order valence-electron chi connectivity index (χ4n) is 4.57. The van der Waals surface area contributed by atoms with Crippen molar-refractivity contribution in [3.63, 3.8) is 0 Å². The van der Waals surface area contributed by atoms with Crippen molar-refractivity contribution in [1.29, 1.82) is 0 Å². The zero-order valence-electron chi connectivity index (χ0n) is 28.1. The van der Waals surface area contributed by atoms with Crippen molar-refractivity contribution in [1.82, 2.24) is 0 Å². The first kappa shape index (κ1) is 37.8. The van der Waals surface area contributed by atoms with Crippen molar-refractivity contribution in [3.8, 4) is 0 Å². The largest absolute Gasteiger partial charge is 0.414 e. The highest BCUT2D eigenvalue weighted by atomic mass is 28.4. The summed E-state index contributed by atoms with van der Waals surface area (Å²) in [6, 6.07) is 21.3. The van der Waals surface area contributed by atoms with E-state index < -0.39 is 16.6 Å². The molecule has 0 spiro atoms. The number of ether oxygens (including phenoxy) is 5. The second-order valence-electron chi connectivity index (χ2n) is 13.2. The molecular weight excluding hydrogens is 577 g/mol. The van der Waals surface area contributed by atoms with Gasteiger partial charge in [-0.05, 0) is 33.5 Å². The molecule has 2 aromatic carbocycles. The molecule has 0 fully saturated rings. The molecule has 0 atom stereocenters. The second kappa shape index (κ2) is 19.2. The molecule has 0 bridgehead atoms. The summed E-state index contributed by atoms with van der Waals surface area (Å²) in [4.78, 5) is 0. The van der Waals surface area contributed by atoms with Crippen LogP contribution in [0, 0.1) is 0 Å². The lowest BCUT2D eigenvalue weighted by molar-refractivity contribution is -0.0145. The molecule has 244 valence electrons. The lowest BCUT2D eigenvalue weighted by Gasteiger charge is -2.43. The predicted molar refractivity (Wildman–Crippen MR) is 181 cm³/mol. The molecule has 0 amide bonds. The first-order chi connectivity index (χ1) is 20.4. The first-order valence-corrected chi connectivity index (χ1v) is 20.5. The molecule has 9 heteroatoms. The minimum atomic E-state index is -2.52. The van der Waals surface area contributed by atoms with Crippen LogP contribution in [0.4, 0.5) is 0 Å². The van der Waals surface area contributed by atoms with E-state index in [9.17, 15) is 0 Å². The summed E-state index contributed by atoms with van der Waals surface area (Å²) in [7, 11) is -4.22. The molecule has 0 N–H and O–H groups in total. The molecule has 0 aromatic heterocycles. The van der Waals surface area contributed by atoms with E-state index >= 15 is 0 Å². The third-order valence-corrected chi connectivity index (χ3v) is 17.5. The maximum atomic E-state index is 6.84. The summed E-state index contributed by atoms with van der Waals surface area (Å²) in [6.45, 7) is 24.7. The van der Waals surface area contributed by atoms with Gasteiger partial charge in [-0.2, -0.15) is 0 Å². The highest BCUT2D eigenvalue weighted by molar-refractivity contribution is 6.99. The standard InChI is InChI=1S/C34H58O7Si2/c1-33(2,3)42(7,8)40-29-27-38-25-23-36-21-19-35-20-22-37-24-26-39-28-30-41-43(34(4,5)6,31-15-11-9-12-16-31)32-17-13-10-14-18-32/h9-18H,19-30H2,1-8H3. The minimum Gasteiger partial charge on any atom is -0.414 e. The maximum absolute atomic E-state index is 6.84. The van der Waals surface area contributed by atoms with Gasteiger partial charge in [0.2, 0.25) is 0 Å². The Balaban J connectivity index is 1.51. The fraction of sp³-hybridized carbons (Fsp3) is 0.647. The van der Waals surface area contributed by atoms with E-state index in [2.05, 4.69) is 115 Å². The average Bonchev–Trinajstić information content (AvgIpc) is 2.96. The van der Waals surface area contributed by atoms with Crippen molar-refractivity contribution in [2.24, 2.45) is 0 Å². The first-order valence-electron chi connectivity index (χ1n) is 15.7. The van der Waals surface area contributed by atoms with Crippen molar-refractivity contribution in [2.75, 3.05) is 79.3 Å². The zero-order chi connectivity index (χ0) is 31.7. The molecule has 43 heavy (non-hydrogen) atoms. The Morgan fingerprint density at radius 2 is 0.721 bits per heavy atom. The Morgan fingerprint density at radius 3 is 1.02 bits per heavy atom. The highest BCUT2D eigenvalue weighted by Gasteiger charge is 2.50. The third-order valence-electron chi connectivity index (χ3n) is 7.95. The number of hydrogen-bond acceptors (Lipinski definition) is 7. The number of hydrogen-bond donors (Lipinski definition) is 0. The number of rotatable bonds is 22. The Morgan fingerprint density at radius 1 is 0.419 bits per heavy atom. The van der Waals surface area contributed by atoms with Crippen LogP contribution < -0.4 is 10.4 Å². The maximum Gasteiger partial charge on any atom is 0.261 e. The molecule has 0 aliphatic carbocycles. The van der Waals surface area contributed by atoms with Crippen molar-refractivity contribution in [2.45, 2.75) is 64.7 Å². The molecule has 0 radical (unpaired) electrons. The van der Waals surface area contributed by atoms with Gasteiger partial charge in [0.15, 0.2) is 8.32 Å². The predicted octanol–water partition coefficient (Wildman–Crippen LogP) is 5.67. The summed E-state index contributed by atoms with van der Waals surface area (Å²) in [6.07, 6.45) is 0. The molecule has 0 heterocycles. The van der Waals surface area contributed by atoms with Crippen LogP contribution in [0.2, 0.25) is 23.2 Å². The lowest BCUT2D eigenvalue weighted by Crippen LogP contribution is -2.66. The van der Waals surface area contributed by atoms with E-state index in [0.717, 1.165) is 0 Å². The van der Waals surface area contributed by atoms with E-state index in [1.54, 1.807) is 0 Å². The van der Waals surface area contributed by atoms with Crippen molar-refractivity contribution in [3.05, 3.63) is 60.7 Å². The monoisotopic (exact) mass is 634 g/mol. The van der Waals surface area contributed by atoms with Crippen LogP contribution in [-0.2, 0) is 32.5 Å². The Labute approximate surface area is 263 Å². The third kappa shape index (κ3) is 12.9. The molecule has 0 aliphatic heterocycles. The van der Waals surface area contributed by atoms with Crippen LogP contribution in [0.25, 0.3) is 0 Å². The lowest BCUT2D eigenvalue weighted by atomic mass is 10.2. The smallest absolute Gasteiger partial charge is 0.261 e. The van der Waals surface area contributed by atoms with E-state index in [1.165, 1.54) is 10.4 Å². The SMILES string of the molecule is CC(C)(C)[Si](C)(C)OCCOCCOCCOCCOCCOCCO[Si](c1ccccc1)(c1ccccc1)C(C)(C)C. The Kier molecular flexibility index (Phi) is 16.9. The van der Waals surface area contributed by atoms with E-state index in [1.807, 2.05) is 0 Å². The summed E-state index contributed by atoms with van der Waals surface area (Å²) in [5, 5.41) is 2.73. The van der Waals surface area contributed by atoms with Crippen LogP contribution in [0.3, 0.4) is 0 Å². The van der Waals surface area contributed by atoms with Crippen LogP contribution >= 0.6 is 0 Å². The van der Waals surface area contributed by atoms with Gasteiger partial charge < -0.3 is 32.5 Å². The molecular formula is C34H58O7Si2. The van der Waals surface area contributed by atoms with E-state index in [4.69, 9.17) is 32.5 Å². The van der Waals surface area contributed by atoms with Crippen LogP contribution in [0.5, 0.6) is 0 Å². The molecule has 0 saturated heterocycles. The summed E-state index contributed by atoms with van der Waals surface area (Å²) < 4.78 is 41.2. The fourth-order valence-corrected chi connectivity index (χ4v) is 10.1. The van der Waals surface area contributed by atoms with Crippen molar-refractivity contribution >= 4 is 27.0 Å². The molecule has 0 saturated carbocycles. The van der Waals surface area contributed by atoms with Crippen LogP contribution in [0.1, 0.15) is 41.5 Å². The molecule has 0 aliphatic rings. The van der Waals surface area contributed by atoms with Crippen LogP contribution in [-0.4, -0.2) is 95.9 Å². The summed E-state index contributed by atoms with van der Waals surface area (Å²) in [5.74, 6) is 0. The van der Waals surface area contributed by atoms with Gasteiger partial charge in [-0.1, -0.05) is 102 Å². The Hall–Kier alpha value is -1.41.